The van der Waals surface area contributed by atoms with Crippen LogP contribution < -0.4 is 5.73 Å². The van der Waals surface area contributed by atoms with Gasteiger partial charge in [0.25, 0.3) is 0 Å². The first-order valence-electron chi connectivity index (χ1n) is 4.32. The van der Waals surface area contributed by atoms with Gasteiger partial charge in [-0.3, -0.25) is 4.98 Å². The molecule has 4 heteroatoms. The molecule has 3 nitrogen and oxygen atoms in total. The number of anilines is 1. The van der Waals surface area contributed by atoms with Crippen molar-refractivity contribution in [2.24, 2.45) is 0 Å². The number of aromatic nitrogens is 2. The van der Waals surface area contributed by atoms with Gasteiger partial charge in [0.05, 0.1) is 0 Å². The number of aryl methyl sites for hydroxylation is 2. The Hall–Kier alpha value is -1.42. The van der Waals surface area contributed by atoms with Crippen molar-refractivity contribution in [2.45, 2.75) is 13.8 Å². The molecule has 0 aliphatic carbocycles. The Morgan fingerprint density at radius 1 is 1.36 bits per heavy atom. The number of hydrogen-bond acceptors (Lipinski definition) is 4. The molecule has 0 atom stereocenters. The molecule has 2 N–H and O–H groups in total. The zero-order chi connectivity index (χ0) is 10.1. The summed E-state index contributed by atoms with van der Waals surface area (Å²) in [5.41, 5.74) is 7.95. The van der Waals surface area contributed by atoms with Gasteiger partial charge >= 0.3 is 0 Å². The molecule has 2 aromatic rings. The van der Waals surface area contributed by atoms with Crippen LogP contribution >= 0.6 is 11.3 Å². The average molecular weight is 205 g/mol. The predicted molar refractivity (Wildman–Crippen MR) is 59.2 cm³/mol. The standard InChI is InChI=1S/C10H11N3S/c1-6-3-4-12-5-8(6)10-13-9(11)7(2)14-10/h3-5H,11H2,1-2H3. The lowest BCUT2D eigenvalue weighted by Gasteiger charge is -1.98. The van der Waals surface area contributed by atoms with Crippen LogP contribution in [0.5, 0.6) is 0 Å². The second kappa shape index (κ2) is 3.38. The van der Waals surface area contributed by atoms with E-state index >= 15 is 0 Å². The molecular formula is C10H11N3S. The van der Waals surface area contributed by atoms with Crippen LogP contribution in [0.15, 0.2) is 18.5 Å². The maximum Gasteiger partial charge on any atom is 0.138 e. The van der Waals surface area contributed by atoms with Gasteiger partial charge in [-0.15, -0.1) is 11.3 Å². The fourth-order valence-electron chi connectivity index (χ4n) is 1.21. The maximum atomic E-state index is 5.71. The molecule has 0 unspecified atom stereocenters. The van der Waals surface area contributed by atoms with Crippen LogP contribution in [0.25, 0.3) is 10.6 Å². The molecule has 72 valence electrons. The smallest absolute Gasteiger partial charge is 0.138 e. The molecule has 2 rings (SSSR count). The highest BCUT2D eigenvalue weighted by Crippen LogP contribution is 2.29. The van der Waals surface area contributed by atoms with Gasteiger partial charge in [-0.25, -0.2) is 4.98 Å². The van der Waals surface area contributed by atoms with E-state index in [-0.39, 0.29) is 0 Å². The SMILES string of the molecule is Cc1ccncc1-c1nc(N)c(C)s1. The molecule has 0 fully saturated rings. The van der Waals surface area contributed by atoms with Crippen molar-refractivity contribution in [3.8, 4) is 10.6 Å². The van der Waals surface area contributed by atoms with Crippen LogP contribution in [0.3, 0.4) is 0 Å². The van der Waals surface area contributed by atoms with Crippen molar-refractivity contribution in [1.29, 1.82) is 0 Å². The summed E-state index contributed by atoms with van der Waals surface area (Å²) in [6.07, 6.45) is 3.61. The Morgan fingerprint density at radius 2 is 2.14 bits per heavy atom. The molecule has 0 bridgehead atoms. The minimum absolute atomic E-state index is 0.619. The van der Waals surface area contributed by atoms with Crippen LogP contribution in [0, 0.1) is 13.8 Å². The number of hydrogen-bond donors (Lipinski definition) is 1. The summed E-state index contributed by atoms with van der Waals surface area (Å²) in [4.78, 5) is 9.44. The molecule has 0 amide bonds. The fraction of sp³-hybridized carbons (Fsp3) is 0.200. The zero-order valence-electron chi connectivity index (χ0n) is 8.11. The third-order valence-corrected chi connectivity index (χ3v) is 3.12. The van der Waals surface area contributed by atoms with Crippen molar-refractivity contribution in [1.82, 2.24) is 9.97 Å². The molecule has 2 heterocycles. The Balaban J connectivity index is 2.55. The predicted octanol–water partition coefficient (Wildman–Crippen LogP) is 2.40. The van der Waals surface area contributed by atoms with Crippen LogP contribution in [-0.2, 0) is 0 Å². The van der Waals surface area contributed by atoms with Gasteiger partial charge in [0.2, 0.25) is 0 Å². The van der Waals surface area contributed by atoms with Gasteiger partial charge in [-0.1, -0.05) is 0 Å². The van der Waals surface area contributed by atoms with E-state index in [0.717, 1.165) is 15.4 Å². The summed E-state index contributed by atoms with van der Waals surface area (Å²) in [7, 11) is 0. The molecule has 0 aliphatic rings. The van der Waals surface area contributed by atoms with Gasteiger partial charge in [0.1, 0.15) is 10.8 Å². The Bertz CT molecular complexity index is 443. The first kappa shape index (κ1) is 9.15. The third-order valence-electron chi connectivity index (χ3n) is 2.10. The van der Waals surface area contributed by atoms with Gasteiger partial charge in [0.15, 0.2) is 0 Å². The summed E-state index contributed by atoms with van der Waals surface area (Å²) in [6, 6.07) is 1.97. The molecule has 0 saturated carbocycles. The van der Waals surface area contributed by atoms with Crippen molar-refractivity contribution < 1.29 is 0 Å². The van der Waals surface area contributed by atoms with Crippen LogP contribution in [-0.4, -0.2) is 9.97 Å². The van der Waals surface area contributed by atoms with E-state index in [1.807, 2.05) is 26.1 Å². The number of rotatable bonds is 1. The quantitative estimate of drug-likeness (QED) is 0.777. The second-order valence-corrected chi connectivity index (χ2v) is 4.35. The Labute approximate surface area is 86.6 Å². The van der Waals surface area contributed by atoms with Gasteiger partial charge in [0, 0.05) is 22.8 Å². The number of nitrogen functional groups attached to an aromatic ring is 1. The van der Waals surface area contributed by atoms with Crippen LogP contribution in [0.1, 0.15) is 10.4 Å². The van der Waals surface area contributed by atoms with Crippen molar-refractivity contribution >= 4 is 17.2 Å². The number of pyridine rings is 1. The maximum absolute atomic E-state index is 5.71. The fourth-order valence-corrected chi connectivity index (χ4v) is 2.12. The van der Waals surface area contributed by atoms with Gasteiger partial charge < -0.3 is 5.73 Å². The highest BCUT2D eigenvalue weighted by atomic mass is 32.1. The van der Waals surface area contributed by atoms with E-state index in [4.69, 9.17) is 5.73 Å². The highest BCUT2D eigenvalue weighted by molar-refractivity contribution is 7.15. The minimum atomic E-state index is 0.619. The number of nitrogens with two attached hydrogens (primary N) is 1. The molecule has 0 saturated heterocycles. The first-order valence-corrected chi connectivity index (χ1v) is 5.14. The van der Waals surface area contributed by atoms with Crippen molar-refractivity contribution in [3.63, 3.8) is 0 Å². The number of thiazole rings is 1. The second-order valence-electron chi connectivity index (χ2n) is 3.15. The largest absolute Gasteiger partial charge is 0.383 e. The molecule has 0 aliphatic heterocycles. The molecule has 0 radical (unpaired) electrons. The Morgan fingerprint density at radius 3 is 2.71 bits per heavy atom. The number of nitrogens with zero attached hydrogens (tertiary/aromatic N) is 2. The van der Waals surface area contributed by atoms with Crippen LogP contribution in [0.4, 0.5) is 5.82 Å². The topological polar surface area (TPSA) is 51.8 Å². The normalized spacial score (nSPS) is 10.4. The summed E-state index contributed by atoms with van der Waals surface area (Å²) in [5, 5.41) is 0.950. The van der Waals surface area contributed by atoms with Crippen molar-refractivity contribution in [3.05, 3.63) is 28.9 Å². The van der Waals surface area contributed by atoms with E-state index in [2.05, 4.69) is 9.97 Å². The molecular weight excluding hydrogens is 194 g/mol. The molecule has 14 heavy (non-hydrogen) atoms. The zero-order valence-corrected chi connectivity index (χ0v) is 8.93. The van der Waals surface area contributed by atoms with Gasteiger partial charge in [-0.2, -0.15) is 0 Å². The monoisotopic (exact) mass is 205 g/mol. The molecule has 0 aromatic carbocycles. The summed E-state index contributed by atoms with van der Waals surface area (Å²) in [6.45, 7) is 4.02. The van der Waals surface area contributed by atoms with E-state index in [0.29, 0.717) is 5.82 Å². The summed E-state index contributed by atoms with van der Waals surface area (Å²) in [5.74, 6) is 0.619. The average Bonchev–Trinajstić information content (AvgIpc) is 2.48. The molecule has 2 aromatic heterocycles. The van der Waals surface area contributed by atoms with E-state index < -0.39 is 0 Å². The van der Waals surface area contributed by atoms with Crippen molar-refractivity contribution in [2.75, 3.05) is 5.73 Å². The van der Waals surface area contributed by atoms with E-state index in [1.165, 1.54) is 5.56 Å². The first-order chi connectivity index (χ1) is 6.68. The molecule has 0 spiro atoms. The van der Waals surface area contributed by atoms with E-state index in [9.17, 15) is 0 Å². The van der Waals surface area contributed by atoms with Crippen LogP contribution in [0.2, 0.25) is 0 Å². The van der Waals surface area contributed by atoms with Gasteiger partial charge in [-0.05, 0) is 25.5 Å². The lowest BCUT2D eigenvalue weighted by Crippen LogP contribution is -1.87. The third kappa shape index (κ3) is 1.48. The highest BCUT2D eigenvalue weighted by Gasteiger charge is 2.08. The summed E-state index contributed by atoms with van der Waals surface area (Å²) < 4.78 is 0. The minimum Gasteiger partial charge on any atom is -0.383 e. The lowest BCUT2D eigenvalue weighted by atomic mass is 10.2. The summed E-state index contributed by atoms with van der Waals surface area (Å²) >= 11 is 1.61. The Kier molecular flexibility index (Phi) is 2.21. The lowest BCUT2D eigenvalue weighted by molar-refractivity contribution is 1.27. The van der Waals surface area contributed by atoms with E-state index in [1.54, 1.807) is 17.5 Å².